The summed E-state index contributed by atoms with van der Waals surface area (Å²) in [4.78, 5) is 4.32. The standard InChI is InChI=1S/C12H16ClN3/c1-12(2,3)6-9-11(14)15-10-5-4-8(13)7-16(9)10/h4-5,7H,6,14H2,1-3H3. The summed E-state index contributed by atoms with van der Waals surface area (Å²) in [7, 11) is 0. The highest BCUT2D eigenvalue weighted by molar-refractivity contribution is 6.30. The van der Waals surface area contributed by atoms with Crippen molar-refractivity contribution in [1.82, 2.24) is 9.38 Å². The van der Waals surface area contributed by atoms with E-state index in [4.69, 9.17) is 17.3 Å². The molecule has 0 unspecified atom stereocenters. The number of rotatable bonds is 1. The molecule has 2 N–H and O–H groups in total. The van der Waals surface area contributed by atoms with Crippen LogP contribution in [0.3, 0.4) is 0 Å². The Bertz CT molecular complexity index is 523. The van der Waals surface area contributed by atoms with Gasteiger partial charge in [0.2, 0.25) is 0 Å². The fourth-order valence-electron chi connectivity index (χ4n) is 1.76. The molecule has 2 aromatic heterocycles. The fraction of sp³-hybridized carbons (Fsp3) is 0.417. The number of anilines is 1. The van der Waals surface area contributed by atoms with Crippen LogP contribution in [0.25, 0.3) is 5.65 Å². The Morgan fingerprint density at radius 3 is 2.69 bits per heavy atom. The molecule has 0 spiro atoms. The first kappa shape index (κ1) is 11.3. The third-order valence-electron chi connectivity index (χ3n) is 2.41. The molecule has 2 heterocycles. The molecule has 86 valence electrons. The summed E-state index contributed by atoms with van der Waals surface area (Å²) in [6, 6.07) is 3.70. The predicted octanol–water partition coefficient (Wildman–Crippen LogP) is 3.16. The van der Waals surface area contributed by atoms with Crippen molar-refractivity contribution >= 4 is 23.1 Å². The van der Waals surface area contributed by atoms with Crippen LogP contribution < -0.4 is 5.73 Å². The number of hydrogen-bond acceptors (Lipinski definition) is 2. The van der Waals surface area contributed by atoms with Crippen LogP contribution in [0, 0.1) is 5.41 Å². The second-order valence-electron chi connectivity index (χ2n) is 5.26. The van der Waals surface area contributed by atoms with Crippen molar-refractivity contribution in [2.24, 2.45) is 5.41 Å². The first-order valence-electron chi connectivity index (χ1n) is 5.29. The van der Waals surface area contributed by atoms with E-state index in [-0.39, 0.29) is 5.41 Å². The molecule has 0 saturated carbocycles. The SMILES string of the molecule is CC(C)(C)Cc1c(N)nc2ccc(Cl)cn12. The van der Waals surface area contributed by atoms with Gasteiger partial charge in [-0.25, -0.2) is 4.98 Å². The lowest BCUT2D eigenvalue weighted by molar-refractivity contribution is 0.406. The van der Waals surface area contributed by atoms with Crippen LogP contribution in [0.5, 0.6) is 0 Å². The van der Waals surface area contributed by atoms with E-state index in [2.05, 4.69) is 25.8 Å². The third kappa shape index (κ3) is 2.14. The number of halogens is 1. The van der Waals surface area contributed by atoms with Gasteiger partial charge in [0, 0.05) is 6.20 Å². The summed E-state index contributed by atoms with van der Waals surface area (Å²) in [5.41, 5.74) is 7.99. The average Bonchev–Trinajstić information content (AvgIpc) is 2.42. The van der Waals surface area contributed by atoms with Crippen LogP contribution in [0.15, 0.2) is 18.3 Å². The summed E-state index contributed by atoms with van der Waals surface area (Å²) in [5.74, 6) is 0.595. The minimum absolute atomic E-state index is 0.173. The highest BCUT2D eigenvalue weighted by Crippen LogP contribution is 2.26. The van der Waals surface area contributed by atoms with Crippen molar-refractivity contribution in [1.29, 1.82) is 0 Å². The Kier molecular flexibility index (Phi) is 2.58. The van der Waals surface area contributed by atoms with Gasteiger partial charge in [0.15, 0.2) is 0 Å². The zero-order chi connectivity index (χ0) is 11.9. The van der Waals surface area contributed by atoms with Crippen molar-refractivity contribution in [3.63, 3.8) is 0 Å². The predicted molar refractivity (Wildman–Crippen MR) is 67.8 cm³/mol. The Balaban J connectivity index is 2.58. The van der Waals surface area contributed by atoms with Gasteiger partial charge in [-0.15, -0.1) is 0 Å². The van der Waals surface area contributed by atoms with E-state index in [1.54, 1.807) is 0 Å². The van der Waals surface area contributed by atoms with Gasteiger partial charge in [-0.05, 0) is 24.0 Å². The van der Waals surface area contributed by atoms with Gasteiger partial charge >= 0.3 is 0 Å². The molecule has 0 aliphatic carbocycles. The Morgan fingerprint density at radius 1 is 1.38 bits per heavy atom. The number of pyridine rings is 1. The number of nitrogens with zero attached hydrogens (tertiary/aromatic N) is 2. The molecular formula is C12H16ClN3. The van der Waals surface area contributed by atoms with E-state index < -0.39 is 0 Å². The maximum atomic E-state index is 5.98. The lowest BCUT2D eigenvalue weighted by Crippen LogP contribution is -2.12. The lowest BCUT2D eigenvalue weighted by atomic mass is 9.90. The molecule has 2 aromatic rings. The van der Waals surface area contributed by atoms with E-state index in [9.17, 15) is 0 Å². The van der Waals surface area contributed by atoms with Crippen molar-refractivity contribution in [3.05, 3.63) is 29.0 Å². The zero-order valence-electron chi connectivity index (χ0n) is 9.79. The van der Waals surface area contributed by atoms with Gasteiger partial charge in [-0.1, -0.05) is 32.4 Å². The first-order valence-corrected chi connectivity index (χ1v) is 5.66. The fourth-order valence-corrected chi connectivity index (χ4v) is 1.92. The monoisotopic (exact) mass is 237 g/mol. The van der Waals surface area contributed by atoms with E-state index in [0.717, 1.165) is 17.8 Å². The maximum Gasteiger partial charge on any atom is 0.145 e. The number of nitrogen functional groups attached to an aromatic ring is 1. The summed E-state index contributed by atoms with van der Waals surface area (Å²) < 4.78 is 1.98. The van der Waals surface area contributed by atoms with Gasteiger partial charge in [0.1, 0.15) is 11.5 Å². The topological polar surface area (TPSA) is 43.3 Å². The maximum absolute atomic E-state index is 5.98. The number of aromatic nitrogens is 2. The van der Waals surface area contributed by atoms with Gasteiger partial charge < -0.3 is 10.1 Å². The molecule has 0 radical (unpaired) electrons. The largest absolute Gasteiger partial charge is 0.382 e. The number of hydrogen-bond donors (Lipinski definition) is 1. The molecule has 0 atom stereocenters. The Hall–Kier alpha value is -1.22. The van der Waals surface area contributed by atoms with Crippen molar-refractivity contribution < 1.29 is 0 Å². The quantitative estimate of drug-likeness (QED) is 0.828. The van der Waals surface area contributed by atoms with E-state index in [1.165, 1.54) is 0 Å². The lowest BCUT2D eigenvalue weighted by Gasteiger charge is -2.18. The summed E-state index contributed by atoms with van der Waals surface area (Å²) >= 11 is 5.98. The van der Waals surface area contributed by atoms with E-state index in [0.29, 0.717) is 10.8 Å². The minimum atomic E-state index is 0.173. The van der Waals surface area contributed by atoms with Crippen molar-refractivity contribution in [2.45, 2.75) is 27.2 Å². The number of fused-ring (bicyclic) bond motifs is 1. The molecule has 0 aliphatic heterocycles. The molecule has 2 rings (SSSR count). The number of nitrogens with two attached hydrogens (primary N) is 1. The molecule has 0 fully saturated rings. The molecule has 0 bridgehead atoms. The van der Waals surface area contributed by atoms with Crippen molar-refractivity contribution in [3.8, 4) is 0 Å². The van der Waals surface area contributed by atoms with E-state index >= 15 is 0 Å². The molecule has 0 aliphatic rings. The van der Waals surface area contributed by atoms with Gasteiger partial charge in [-0.2, -0.15) is 0 Å². The number of imidazole rings is 1. The van der Waals surface area contributed by atoms with Crippen LogP contribution >= 0.6 is 11.6 Å². The van der Waals surface area contributed by atoms with Crippen molar-refractivity contribution in [2.75, 3.05) is 5.73 Å². The van der Waals surface area contributed by atoms with Crippen LogP contribution in [0.1, 0.15) is 26.5 Å². The molecular weight excluding hydrogens is 222 g/mol. The first-order chi connectivity index (χ1) is 7.37. The summed E-state index contributed by atoms with van der Waals surface area (Å²) in [6.07, 6.45) is 2.74. The van der Waals surface area contributed by atoms with E-state index in [1.807, 2.05) is 22.7 Å². The average molecular weight is 238 g/mol. The van der Waals surface area contributed by atoms with Crippen LogP contribution in [0.2, 0.25) is 5.02 Å². The molecule has 0 aromatic carbocycles. The van der Waals surface area contributed by atoms with Gasteiger partial charge in [0.05, 0.1) is 10.7 Å². The molecule has 16 heavy (non-hydrogen) atoms. The van der Waals surface area contributed by atoms with Crippen LogP contribution in [-0.2, 0) is 6.42 Å². The normalized spacial score (nSPS) is 12.2. The highest BCUT2D eigenvalue weighted by atomic mass is 35.5. The summed E-state index contributed by atoms with van der Waals surface area (Å²) in [5, 5.41) is 0.694. The zero-order valence-corrected chi connectivity index (χ0v) is 10.5. The highest BCUT2D eigenvalue weighted by Gasteiger charge is 2.17. The molecule has 3 nitrogen and oxygen atoms in total. The Labute approximate surface area is 100 Å². The smallest absolute Gasteiger partial charge is 0.145 e. The second kappa shape index (κ2) is 3.67. The molecule has 0 amide bonds. The Morgan fingerprint density at radius 2 is 2.06 bits per heavy atom. The van der Waals surface area contributed by atoms with Gasteiger partial charge in [0.25, 0.3) is 0 Å². The summed E-state index contributed by atoms with van der Waals surface area (Å²) in [6.45, 7) is 6.53. The second-order valence-corrected chi connectivity index (χ2v) is 5.69. The minimum Gasteiger partial charge on any atom is -0.382 e. The molecule has 0 saturated heterocycles. The molecule has 4 heteroatoms. The van der Waals surface area contributed by atoms with Gasteiger partial charge in [-0.3, -0.25) is 0 Å². The third-order valence-corrected chi connectivity index (χ3v) is 2.63. The van der Waals surface area contributed by atoms with Crippen LogP contribution in [-0.4, -0.2) is 9.38 Å². The van der Waals surface area contributed by atoms with Crippen LogP contribution in [0.4, 0.5) is 5.82 Å².